The number of hydrogen-bond donors (Lipinski definition) is 1. The van der Waals surface area contributed by atoms with Crippen LogP contribution in [0.15, 0.2) is 34.6 Å². The van der Waals surface area contributed by atoms with Gasteiger partial charge in [0.2, 0.25) is 0 Å². The third-order valence-electron chi connectivity index (χ3n) is 3.98. The van der Waals surface area contributed by atoms with Crippen molar-refractivity contribution in [3.63, 3.8) is 0 Å². The normalized spacial score (nSPS) is 26.5. The van der Waals surface area contributed by atoms with Crippen LogP contribution in [0.5, 0.6) is 0 Å². The molecule has 1 fully saturated rings. The Morgan fingerprint density at radius 1 is 1.32 bits per heavy atom. The number of carbonyl (C=O) groups is 2. The van der Waals surface area contributed by atoms with Crippen LogP contribution in [0.3, 0.4) is 0 Å². The molecular weight excluding hydrogens is 242 g/mol. The summed E-state index contributed by atoms with van der Waals surface area (Å²) in [6, 6.07) is 0. The van der Waals surface area contributed by atoms with Crippen LogP contribution in [0.4, 0.5) is 0 Å². The number of ketones is 2. The van der Waals surface area contributed by atoms with Crippen molar-refractivity contribution in [2.24, 2.45) is 5.92 Å². The number of ether oxygens (including phenoxy) is 1. The highest BCUT2D eigenvalue weighted by Gasteiger charge is 2.38. The molecule has 100 valence electrons. The molecule has 0 saturated carbocycles. The maximum absolute atomic E-state index is 12.1. The van der Waals surface area contributed by atoms with Gasteiger partial charge in [0.25, 0.3) is 0 Å². The van der Waals surface area contributed by atoms with Gasteiger partial charge in [-0.2, -0.15) is 0 Å². The third-order valence-corrected chi connectivity index (χ3v) is 3.98. The summed E-state index contributed by atoms with van der Waals surface area (Å²) in [5.41, 5.74) is 2.52. The van der Waals surface area contributed by atoms with Crippen molar-refractivity contribution in [3.05, 3.63) is 34.6 Å². The van der Waals surface area contributed by atoms with Gasteiger partial charge in [-0.3, -0.25) is 9.59 Å². The molecule has 1 heterocycles. The second-order valence-corrected chi connectivity index (χ2v) is 5.03. The van der Waals surface area contributed by atoms with Gasteiger partial charge >= 0.3 is 0 Å². The quantitative estimate of drug-likeness (QED) is 0.759. The molecule has 0 aromatic carbocycles. The van der Waals surface area contributed by atoms with E-state index in [0.29, 0.717) is 24.2 Å². The summed E-state index contributed by atoms with van der Waals surface area (Å²) in [7, 11) is 0. The number of piperidine rings is 1. The third kappa shape index (κ3) is 1.96. The molecule has 1 saturated heterocycles. The van der Waals surface area contributed by atoms with Gasteiger partial charge in [-0.1, -0.05) is 0 Å². The van der Waals surface area contributed by atoms with E-state index in [4.69, 9.17) is 4.74 Å². The minimum Gasteiger partial charge on any atom is -0.498 e. The molecule has 0 amide bonds. The van der Waals surface area contributed by atoms with Crippen LogP contribution in [0.1, 0.15) is 19.8 Å². The summed E-state index contributed by atoms with van der Waals surface area (Å²) < 4.78 is 5.70. The Kier molecular flexibility index (Phi) is 3.11. The molecule has 1 atom stereocenters. The number of nitrogens with one attached hydrogen (secondary N) is 1. The highest BCUT2D eigenvalue weighted by molar-refractivity contribution is 6.21. The molecule has 0 spiro atoms. The minimum absolute atomic E-state index is 0.00505. The van der Waals surface area contributed by atoms with Crippen molar-refractivity contribution in [2.45, 2.75) is 19.8 Å². The van der Waals surface area contributed by atoms with E-state index in [1.54, 1.807) is 0 Å². The van der Waals surface area contributed by atoms with Crippen LogP contribution in [0.2, 0.25) is 0 Å². The van der Waals surface area contributed by atoms with Crippen LogP contribution in [0, 0.1) is 5.92 Å². The summed E-state index contributed by atoms with van der Waals surface area (Å²) in [6.45, 7) is 4.15. The highest BCUT2D eigenvalue weighted by atomic mass is 16.5. The van der Waals surface area contributed by atoms with Crippen molar-refractivity contribution in [2.75, 3.05) is 19.7 Å². The summed E-state index contributed by atoms with van der Waals surface area (Å²) >= 11 is 0. The zero-order valence-electron chi connectivity index (χ0n) is 11.0. The van der Waals surface area contributed by atoms with E-state index in [9.17, 15) is 9.59 Å². The fraction of sp³-hybridized carbons (Fsp3) is 0.467. The average Bonchev–Trinajstić information content (AvgIpc) is 2.43. The summed E-state index contributed by atoms with van der Waals surface area (Å²) in [5, 5.41) is 3.32. The number of carbonyl (C=O) groups excluding carboxylic acids is 2. The lowest BCUT2D eigenvalue weighted by Gasteiger charge is -2.35. The van der Waals surface area contributed by atoms with Crippen LogP contribution >= 0.6 is 0 Å². The molecule has 1 aliphatic heterocycles. The zero-order chi connectivity index (χ0) is 13.4. The van der Waals surface area contributed by atoms with Crippen LogP contribution in [-0.4, -0.2) is 31.3 Å². The first-order chi connectivity index (χ1) is 9.22. The fourth-order valence-electron chi connectivity index (χ4n) is 3.16. The van der Waals surface area contributed by atoms with E-state index < -0.39 is 0 Å². The Bertz CT molecular complexity index is 540. The van der Waals surface area contributed by atoms with Gasteiger partial charge in [0, 0.05) is 30.0 Å². The molecule has 3 aliphatic rings. The predicted molar refractivity (Wildman–Crippen MR) is 70.4 cm³/mol. The smallest absolute Gasteiger partial charge is 0.182 e. The molecule has 1 N–H and O–H groups in total. The van der Waals surface area contributed by atoms with E-state index in [-0.39, 0.29) is 17.5 Å². The number of fused-ring (bicyclic) bond motifs is 2. The highest BCUT2D eigenvalue weighted by Crippen LogP contribution is 2.40. The Hall–Kier alpha value is -1.68. The number of allylic oxidation sites excluding steroid dienone is 4. The summed E-state index contributed by atoms with van der Waals surface area (Å²) in [4.78, 5) is 24.1. The van der Waals surface area contributed by atoms with Crippen LogP contribution < -0.4 is 5.32 Å². The number of rotatable bonds is 2. The SMILES string of the molecule is CCOC1=C2CNCCC2C2=C(C1)C(=O)C=CC2=O. The molecule has 2 aliphatic carbocycles. The molecule has 0 radical (unpaired) electrons. The second-order valence-electron chi connectivity index (χ2n) is 5.03. The van der Waals surface area contributed by atoms with Crippen LogP contribution in [-0.2, 0) is 14.3 Å². The van der Waals surface area contributed by atoms with Gasteiger partial charge in [-0.05, 0) is 37.6 Å². The maximum atomic E-state index is 12.1. The molecule has 1 unspecified atom stereocenters. The molecule has 19 heavy (non-hydrogen) atoms. The van der Waals surface area contributed by atoms with E-state index in [1.165, 1.54) is 12.2 Å². The molecule has 0 bridgehead atoms. The van der Waals surface area contributed by atoms with E-state index in [2.05, 4.69) is 5.32 Å². The minimum atomic E-state index is -0.0376. The van der Waals surface area contributed by atoms with Crippen molar-refractivity contribution in [1.29, 1.82) is 0 Å². The Morgan fingerprint density at radius 3 is 2.89 bits per heavy atom. The lowest BCUT2D eigenvalue weighted by atomic mass is 9.73. The Labute approximate surface area is 112 Å². The van der Waals surface area contributed by atoms with Crippen molar-refractivity contribution in [3.8, 4) is 0 Å². The summed E-state index contributed by atoms with van der Waals surface area (Å²) in [5.74, 6) is 0.904. The molecule has 3 rings (SSSR count). The zero-order valence-corrected chi connectivity index (χ0v) is 11.0. The lowest BCUT2D eigenvalue weighted by Crippen LogP contribution is -2.37. The average molecular weight is 259 g/mol. The van der Waals surface area contributed by atoms with E-state index >= 15 is 0 Å². The topological polar surface area (TPSA) is 55.4 Å². The van der Waals surface area contributed by atoms with Crippen molar-refractivity contribution >= 4 is 11.6 Å². The number of hydrogen-bond acceptors (Lipinski definition) is 4. The van der Waals surface area contributed by atoms with E-state index in [0.717, 1.165) is 30.8 Å². The predicted octanol–water partition coefficient (Wildman–Crippen LogP) is 1.29. The van der Waals surface area contributed by atoms with Crippen molar-refractivity contribution < 1.29 is 14.3 Å². The first-order valence-corrected chi connectivity index (χ1v) is 6.77. The standard InChI is InChI=1S/C15H17NO3/c1-2-19-14-7-10-12(17)3-4-13(18)15(10)9-5-6-16-8-11(9)14/h3-4,9,16H,2,5-8H2,1H3. The van der Waals surface area contributed by atoms with Gasteiger partial charge < -0.3 is 10.1 Å². The van der Waals surface area contributed by atoms with Gasteiger partial charge in [0.05, 0.1) is 6.61 Å². The lowest BCUT2D eigenvalue weighted by molar-refractivity contribution is -0.115. The van der Waals surface area contributed by atoms with Crippen molar-refractivity contribution in [1.82, 2.24) is 5.32 Å². The largest absolute Gasteiger partial charge is 0.498 e. The summed E-state index contributed by atoms with van der Waals surface area (Å²) in [6.07, 6.45) is 4.12. The molecule has 0 aromatic rings. The maximum Gasteiger partial charge on any atom is 0.182 e. The Morgan fingerprint density at radius 2 is 2.11 bits per heavy atom. The van der Waals surface area contributed by atoms with Gasteiger partial charge in [0.15, 0.2) is 11.6 Å². The fourth-order valence-corrected chi connectivity index (χ4v) is 3.16. The second kappa shape index (κ2) is 4.78. The molecule has 4 heteroatoms. The molecule has 0 aromatic heterocycles. The van der Waals surface area contributed by atoms with E-state index in [1.807, 2.05) is 6.92 Å². The van der Waals surface area contributed by atoms with Gasteiger partial charge in [-0.15, -0.1) is 0 Å². The first-order valence-electron chi connectivity index (χ1n) is 6.77. The molecule has 4 nitrogen and oxygen atoms in total. The van der Waals surface area contributed by atoms with Gasteiger partial charge in [0.1, 0.15) is 5.76 Å². The molecular formula is C15H17NO3. The van der Waals surface area contributed by atoms with Crippen LogP contribution in [0.25, 0.3) is 0 Å². The van der Waals surface area contributed by atoms with Gasteiger partial charge in [-0.25, -0.2) is 0 Å². The first kappa shape index (κ1) is 12.4. The monoisotopic (exact) mass is 259 g/mol. The Balaban J connectivity index is 2.05.